The van der Waals surface area contributed by atoms with Crippen LogP contribution in [-0.2, 0) is 6.42 Å². The lowest BCUT2D eigenvalue weighted by molar-refractivity contribution is 0.308. The van der Waals surface area contributed by atoms with Crippen LogP contribution in [0, 0.1) is 17.8 Å². The van der Waals surface area contributed by atoms with Gasteiger partial charge in [-0.2, -0.15) is 0 Å². The van der Waals surface area contributed by atoms with E-state index in [1.54, 1.807) is 0 Å². The summed E-state index contributed by atoms with van der Waals surface area (Å²) in [6, 6.07) is 13.1. The van der Waals surface area contributed by atoms with E-state index in [0.717, 1.165) is 29.5 Å². The van der Waals surface area contributed by atoms with Crippen molar-refractivity contribution in [2.75, 3.05) is 0 Å². The molecule has 27 heavy (non-hydrogen) atoms. The summed E-state index contributed by atoms with van der Waals surface area (Å²) in [5.74, 6) is 8.18. The maximum atomic E-state index is 4.49. The maximum absolute atomic E-state index is 4.49. The van der Waals surface area contributed by atoms with E-state index in [4.69, 9.17) is 0 Å². The van der Waals surface area contributed by atoms with Gasteiger partial charge in [0.1, 0.15) is 5.69 Å². The highest BCUT2D eigenvalue weighted by atomic mass is 14.7. The van der Waals surface area contributed by atoms with Crippen LogP contribution >= 0.6 is 0 Å². The first-order valence-electron chi connectivity index (χ1n) is 10.9. The Labute approximate surface area is 165 Å². The molecule has 0 bridgehead atoms. The number of benzene rings is 1. The van der Waals surface area contributed by atoms with Crippen molar-refractivity contribution in [2.24, 2.45) is 5.92 Å². The van der Waals surface area contributed by atoms with Gasteiger partial charge in [-0.25, -0.2) is 4.98 Å². The molecule has 0 aliphatic heterocycles. The Morgan fingerprint density at radius 2 is 1.67 bits per heavy atom. The summed E-state index contributed by atoms with van der Waals surface area (Å²) in [5, 5.41) is 0. The molecule has 0 atom stereocenters. The van der Waals surface area contributed by atoms with Gasteiger partial charge in [-0.05, 0) is 85.6 Å². The zero-order valence-electron chi connectivity index (χ0n) is 17.0. The summed E-state index contributed by atoms with van der Waals surface area (Å²) in [4.78, 5) is 4.49. The summed E-state index contributed by atoms with van der Waals surface area (Å²) < 4.78 is 0. The smallest absolute Gasteiger partial charge is 0.113 e. The summed E-state index contributed by atoms with van der Waals surface area (Å²) in [6.07, 6.45) is 13.8. The molecule has 0 spiro atoms. The van der Waals surface area contributed by atoms with E-state index < -0.39 is 0 Å². The van der Waals surface area contributed by atoms with Crippen LogP contribution in [0.15, 0.2) is 42.6 Å². The molecule has 3 rings (SSSR count). The molecule has 0 saturated heterocycles. The van der Waals surface area contributed by atoms with Crippen molar-refractivity contribution in [3.63, 3.8) is 0 Å². The average molecular weight is 360 g/mol. The summed E-state index contributed by atoms with van der Waals surface area (Å²) in [6.45, 7) is 4.53. The highest BCUT2D eigenvalue weighted by Crippen LogP contribution is 2.37. The molecular weight excluding hydrogens is 326 g/mol. The van der Waals surface area contributed by atoms with Crippen molar-refractivity contribution in [2.45, 2.75) is 77.6 Å². The quantitative estimate of drug-likeness (QED) is 0.511. The molecule has 1 nitrogen and oxygen atoms in total. The first-order valence-corrected chi connectivity index (χ1v) is 10.9. The molecule has 0 unspecified atom stereocenters. The van der Waals surface area contributed by atoms with Crippen LogP contribution in [0.3, 0.4) is 0 Å². The minimum Gasteiger partial charge on any atom is -0.248 e. The number of pyridine rings is 1. The van der Waals surface area contributed by atoms with Crippen LogP contribution in [0.25, 0.3) is 0 Å². The number of hydrogen-bond donors (Lipinski definition) is 0. The monoisotopic (exact) mass is 359 g/mol. The Hall–Kier alpha value is -2.07. The Balaban J connectivity index is 1.56. The number of aryl methyl sites for hydroxylation is 1. The van der Waals surface area contributed by atoms with Crippen molar-refractivity contribution in [3.05, 3.63) is 65.0 Å². The number of hydrogen-bond acceptors (Lipinski definition) is 1. The van der Waals surface area contributed by atoms with Crippen LogP contribution in [0.5, 0.6) is 0 Å². The van der Waals surface area contributed by atoms with E-state index in [1.165, 1.54) is 62.5 Å². The third kappa shape index (κ3) is 5.96. The van der Waals surface area contributed by atoms with E-state index in [-0.39, 0.29) is 0 Å². The van der Waals surface area contributed by atoms with Crippen molar-refractivity contribution in [3.8, 4) is 11.8 Å². The first kappa shape index (κ1) is 19.7. The van der Waals surface area contributed by atoms with Crippen molar-refractivity contribution in [1.29, 1.82) is 0 Å². The Kier molecular flexibility index (Phi) is 7.52. The topological polar surface area (TPSA) is 12.9 Å². The first-order chi connectivity index (χ1) is 13.3. The normalized spacial score (nSPS) is 19.3. The lowest BCUT2D eigenvalue weighted by atomic mass is 9.77. The maximum Gasteiger partial charge on any atom is 0.113 e. The number of aromatic nitrogens is 1. The Morgan fingerprint density at radius 1 is 0.889 bits per heavy atom. The van der Waals surface area contributed by atoms with E-state index >= 15 is 0 Å². The van der Waals surface area contributed by atoms with Crippen molar-refractivity contribution < 1.29 is 0 Å². The third-order valence-electron chi connectivity index (χ3n) is 5.90. The van der Waals surface area contributed by atoms with Crippen LogP contribution in [0.4, 0.5) is 0 Å². The second kappa shape index (κ2) is 10.3. The zero-order valence-corrected chi connectivity index (χ0v) is 17.0. The van der Waals surface area contributed by atoms with Gasteiger partial charge in [0, 0.05) is 11.8 Å². The van der Waals surface area contributed by atoms with Gasteiger partial charge < -0.3 is 0 Å². The fourth-order valence-electron chi connectivity index (χ4n) is 4.19. The summed E-state index contributed by atoms with van der Waals surface area (Å²) in [7, 11) is 0. The van der Waals surface area contributed by atoms with Gasteiger partial charge in [-0.15, -0.1) is 0 Å². The van der Waals surface area contributed by atoms with Crippen LogP contribution in [0.2, 0.25) is 0 Å². The SMILES string of the molecule is CCCCc1ccc(C#Cc2ccc([C@H]3CC[C@H](CCC)CC3)cc2)nc1. The van der Waals surface area contributed by atoms with Gasteiger partial charge in [-0.3, -0.25) is 0 Å². The molecule has 0 radical (unpaired) electrons. The second-order valence-electron chi connectivity index (χ2n) is 8.03. The average Bonchev–Trinajstić information content (AvgIpc) is 2.73. The molecule has 1 aromatic heterocycles. The van der Waals surface area contributed by atoms with Crippen molar-refractivity contribution in [1.82, 2.24) is 4.98 Å². The molecule has 1 aromatic carbocycles. The summed E-state index contributed by atoms with van der Waals surface area (Å²) in [5.41, 5.74) is 4.73. The van der Waals surface area contributed by atoms with Crippen molar-refractivity contribution >= 4 is 0 Å². The largest absolute Gasteiger partial charge is 0.248 e. The fraction of sp³-hybridized carbons (Fsp3) is 0.500. The Morgan fingerprint density at radius 3 is 2.30 bits per heavy atom. The third-order valence-corrected chi connectivity index (χ3v) is 5.90. The van der Waals surface area contributed by atoms with Gasteiger partial charge in [-0.1, -0.05) is 57.2 Å². The molecule has 1 saturated carbocycles. The molecule has 1 aliphatic carbocycles. The van der Waals surface area contributed by atoms with E-state index in [2.05, 4.69) is 61.0 Å². The second-order valence-corrected chi connectivity index (χ2v) is 8.03. The number of unbranched alkanes of at least 4 members (excludes halogenated alkanes) is 1. The summed E-state index contributed by atoms with van der Waals surface area (Å²) >= 11 is 0. The van der Waals surface area contributed by atoms with E-state index in [9.17, 15) is 0 Å². The minimum atomic E-state index is 0.748. The van der Waals surface area contributed by atoms with Gasteiger partial charge in [0.15, 0.2) is 0 Å². The molecular formula is C26H33N. The fourth-order valence-corrected chi connectivity index (χ4v) is 4.19. The van der Waals surface area contributed by atoms with Gasteiger partial charge in [0.25, 0.3) is 0 Å². The van der Waals surface area contributed by atoms with E-state index in [1.807, 2.05) is 12.3 Å². The predicted octanol–water partition coefficient (Wildman–Crippen LogP) is 6.90. The van der Waals surface area contributed by atoms with Gasteiger partial charge in [0.05, 0.1) is 0 Å². The number of nitrogens with zero attached hydrogens (tertiary/aromatic N) is 1. The number of rotatable bonds is 6. The van der Waals surface area contributed by atoms with Crippen LogP contribution in [0.1, 0.15) is 93.5 Å². The molecule has 142 valence electrons. The standard InChI is InChI=1S/C26H33N/c1-3-5-7-23-13-19-26(27-20-23)18-12-22-10-16-25(17-11-22)24-14-8-21(6-4-2)9-15-24/h10-11,13,16-17,19-21,24H,3-9,14-15H2,1-2H3/t21-,24-. The molecule has 1 aliphatic rings. The van der Waals surface area contributed by atoms with Gasteiger partial charge >= 0.3 is 0 Å². The highest BCUT2D eigenvalue weighted by molar-refractivity contribution is 5.41. The molecule has 1 heteroatoms. The molecule has 2 aromatic rings. The lowest BCUT2D eigenvalue weighted by Gasteiger charge is -2.28. The van der Waals surface area contributed by atoms with Crippen LogP contribution < -0.4 is 0 Å². The molecule has 1 fully saturated rings. The van der Waals surface area contributed by atoms with E-state index in [0.29, 0.717) is 0 Å². The molecule has 1 heterocycles. The highest BCUT2D eigenvalue weighted by Gasteiger charge is 2.21. The zero-order chi connectivity index (χ0) is 18.9. The van der Waals surface area contributed by atoms with Crippen LogP contribution in [-0.4, -0.2) is 4.98 Å². The minimum absolute atomic E-state index is 0.748. The lowest BCUT2D eigenvalue weighted by Crippen LogP contribution is -2.13. The molecule has 0 amide bonds. The molecule has 0 N–H and O–H groups in total. The Bertz CT molecular complexity index is 738. The van der Waals surface area contributed by atoms with Gasteiger partial charge in [0.2, 0.25) is 0 Å². The predicted molar refractivity (Wildman–Crippen MR) is 115 cm³/mol.